The van der Waals surface area contributed by atoms with Crippen LogP contribution >= 0.6 is 0 Å². The van der Waals surface area contributed by atoms with E-state index in [4.69, 9.17) is 0 Å². The highest BCUT2D eigenvalue weighted by molar-refractivity contribution is 5.92. The van der Waals surface area contributed by atoms with Gasteiger partial charge in [0.05, 0.1) is 6.04 Å². The SMILES string of the molecule is O=C(NC1CCCN(c2cccc(F)c2)C1)c1ccn(C2CCCNC2)n1. The molecule has 1 aromatic carbocycles. The van der Waals surface area contributed by atoms with Crippen LogP contribution in [0.15, 0.2) is 36.5 Å². The van der Waals surface area contributed by atoms with E-state index in [2.05, 4.69) is 20.6 Å². The largest absolute Gasteiger partial charge is 0.369 e. The van der Waals surface area contributed by atoms with Crippen molar-refractivity contribution < 1.29 is 9.18 Å². The fraction of sp³-hybridized carbons (Fsp3) is 0.500. The van der Waals surface area contributed by atoms with Gasteiger partial charge < -0.3 is 15.5 Å². The van der Waals surface area contributed by atoms with E-state index in [0.29, 0.717) is 18.3 Å². The van der Waals surface area contributed by atoms with E-state index in [9.17, 15) is 9.18 Å². The van der Waals surface area contributed by atoms with Gasteiger partial charge in [-0.05, 0) is 56.5 Å². The molecular formula is C20H26FN5O. The van der Waals surface area contributed by atoms with E-state index >= 15 is 0 Å². The lowest BCUT2D eigenvalue weighted by Crippen LogP contribution is -2.48. The Labute approximate surface area is 158 Å². The Morgan fingerprint density at radius 2 is 2.19 bits per heavy atom. The van der Waals surface area contributed by atoms with Crippen LogP contribution in [0, 0.1) is 5.82 Å². The third-order valence-electron chi connectivity index (χ3n) is 5.42. The third-order valence-corrected chi connectivity index (χ3v) is 5.42. The lowest BCUT2D eigenvalue weighted by atomic mass is 10.0. The van der Waals surface area contributed by atoms with E-state index in [1.165, 1.54) is 6.07 Å². The van der Waals surface area contributed by atoms with Crippen LogP contribution in [0.3, 0.4) is 0 Å². The van der Waals surface area contributed by atoms with Crippen molar-refractivity contribution in [3.63, 3.8) is 0 Å². The van der Waals surface area contributed by atoms with Crippen molar-refractivity contribution in [1.82, 2.24) is 20.4 Å². The molecule has 3 heterocycles. The summed E-state index contributed by atoms with van der Waals surface area (Å²) in [6.45, 7) is 3.50. The van der Waals surface area contributed by atoms with Crippen LogP contribution in [0.5, 0.6) is 0 Å². The maximum absolute atomic E-state index is 13.5. The van der Waals surface area contributed by atoms with Crippen molar-refractivity contribution in [3.8, 4) is 0 Å². The van der Waals surface area contributed by atoms with Gasteiger partial charge in [-0.1, -0.05) is 6.07 Å². The van der Waals surface area contributed by atoms with E-state index in [0.717, 1.165) is 51.0 Å². The monoisotopic (exact) mass is 371 g/mol. The molecule has 2 atom stereocenters. The molecule has 2 aromatic rings. The summed E-state index contributed by atoms with van der Waals surface area (Å²) in [4.78, 5) is 14.8. The van der Waals surface area contributed by atoms with Crippen LogP contribution in [0.1, 0.15) is 42.2 Å². The van der Waals surface area contributed by atoms with Crippen molar-refractivity contribution in [1.29, 1.82) is 0 Å². The minimum absolute atomic E-state index is 0.0380. The fourth-order valence-electron chi connectivity index (χ4n) is 3.98. The van der Waals surface area contributed by atoms with Crippen LogP contribution < -0.4 is 15.5 Å². The van der Waals surface area contributed by atoms with Crippen molar-refractivity contribution >= 4 is 11.6 Å². The first kappa shape index (κ1) is 18.0. The Bertz CT molecular complexity index is 786. The molecule has 2 N–H and O–H groups in total. The second-order valence-electron chi connectivity index (χ2n) is 7.42. The van der Waals surface area contributed by atoms with Crippen LogP contribution in [-0.4, -0.2) is 47.9 Å². The highest BCUT2D eigenvalue weighted by Crippen LogP contribution is 2.21. The molecule has 0 aliphatic carbocycles. The lowest BCUT2D eigenvalue weighted by molar-refractivity contribution is 0.0926. The highest BCUT2D eigenvalue weighted by atomic mass is 19.1. The second kappa shape index (κ2) is 8.08. The summed E-state index contributed by atoms with van der Waals surface area (Å²) in [5.74, 6) is -0.370. The molecular weight excluding hydrogens is 345 g/mol. The summed E-state index contributed by atoms with van der Waals surface area (Å²) >= 11 is 0. The Morgan fingerprint density at radius 3 is 3.00 bits per heavy atom. The number of aromatic nitrogens is 2. The number of carbonyl (C=O) groups excluding carboxylic acids is 1. The number of anilines is 1. The lowest BCUT2D eigenvalue weighted by Gasteiger charge is -2.34. The molecule has 0 spiro atoms. The van der Waals surface area contributed by atoms with Crippen LogP contribution in [0.25, 0.3) is 0 Å². The minimum atomic E-state index is -0.235. The maximum Gasteiger partial charge on any atom is 0.272 e. The molecule has 2 aliphatic heterocycles. The summed E-state index contributed by atoms with van der Waals surface area (Å²) in [5.41, 5.74) is 1.33. The molecule has 0 radical (unpaired) electrons. The van der Waals surface area contributed by atoms with Crippen molar-refractivity contribution in [2.24, 2.45) is 0 Å². The normalized spacial score (nSPS) is 23.2. The number of benzene rings is 1. The molecule has 2 saturated heterocycles. The molecule has 0 bridgehead atoms. The molecule has 2 fully saturated rings. The molecule has 2 unspecified atom stereocenters. The minimum Gasteiger partial charge on any atom is -0.369 e. The summed E-state index contributed by atoms with van der Waals surface area (Å²) in [5, 5.41) is 11.0. The molecule has 4 rings (SSSR count). The molecule has 1 amide bonds. The predicted octanol–water partition coefficient (Wildman–Crippen LogP) is 2.35. The molecule has 0 saturated carbocycles. The van der Waals surface area contributed by atoms with Gasteiger partial charge in [0.1, 0.15) is 11.5 Å². The number of rotatable bonds is 4. The van der Waals surface area contributed by atoms with Gasteiger partial charge in [0.25, 0.3) is 5.91 Å². The highest BCUT2D eigenvalue weighted by Gasteiger charge is 2.24. The van der Waals surface area contributed by atoms with Crippen LogP contribution in [0.4, 0.5) is 10.1 Å². The van der Waals surface area contributed by atoms with Gasteiger partial charge in [0.15, 0.2) is 0 Å². The number of amides is 1. The van der Waals surface area contributed by atoms with E-state index in [1.807, 2.05) is 16.9 Å². The van der Waals surface area contributed by atoms with Crippen molar-refractivity contribution in [2.75, 3.05) is 31.1 Å². The first-order valence-electron chi connectivity index (χ1n) is 9.76. The Hall–Kier alpha value is -2.41. The topological polar surface area (TPSA) is 62.2 Å². The van der Waals surface area contributed by atoms with Gasteiger partial charge in [-0.3, -0.25) is 9.48 Å². The zero-order valence-electron chi connectivity index (χ0n) is 15.4. The third kappa shape index (κ3) is 4.30. The average Bonchev–Trinajstić information content (AvgIpc) is 3.19. The fourth-order valence-corrected chi connectivity index (χ4v) is 3.98. The quantitative estimate of drug-likeness (QED) is 0.866. The number of carbonyl (C=O) groups is 1. The van der Waals surface area contributed by atoms with Gasteiger partial charge in [-0.15, -0.1) is 0 Å². The van der Waals surface area contributed by atoms with Crippen LogP contribution in [-0.2, 0) is 0 Å². The van der Waals surface area contributed by atoms with Gasteiger partial charge in [0, 0.05) is 37.6 Å². The van der Waals surface area contributed by atoms with Crippen molar-refractivity contribution in [3.05, 3.63) is 48.0 Å². The van der Waals surface area contributed by atoms with Gasteiger partial charge in [-0.25, -0.2) is 4.39 Å². The molecule has 1 aromatic heterocycles. The summed E-state index contributed by atoms with van der Waals surface area (Å²) < 4.78 is 15.4. The molecule has 7 heteroatoms. The number of hydrogen-bond acceptors (Lipinski definition) is 4. The summed E-state index contributed by atoms with van der Waals surface area (Å²) in [6, 6.07) is 8.77. The summed E-state index contributed by atoms with van der Waals surface area (Å²) in [7, 11) is 0. The standard InChI is InChI=1S/C20H26FN5O/c21-15-4-1-6-17(12-15)25-10-3-5-16(14-25)23-20(27)19-8-11-26(24-19)18-7-2-9-22-13-18/h1,4,6,8,11-12,16,18,22H,2-3,5,7,9-10,13-14H2,(H,23,27). The second-order valence-corrected chi connectivity index (χ2v) is 7.42. The number of halogens is 1. The van der Waals surface area contributed by atoms with E-state index in [-0.39, 0.29) is 17.8 Å². The summed E-state index contributed by atoms with van der Waals surface area (Å²) in [6.07, 6.45) is 5.99. The number of piperidine rings is 2. The van der Waals surface area contributed by atoms with Crippen molar-refractivity contribution in [2.45, 2.75) is 37.8 Å². The maximum atomic E-state index is 13.5. The van der Waals surface area contributed by atoms with E-state index in [1.54, 1.807) is 18.2 Å². The molecule has 27 heavy (non-hydrogen) atoms. The van der Waals surface area contributed by atoms with E-state index < -0.39 is 0 Å². The first-order valence-corrected chi connectivity index (χ1v) is 9.76. The number of nitrogens with one attached hydrogen (secondary N) is 2. The average molecular weight is 371 g/mol. The van der Waals surface area contributed by atoms with Gasteiger partial charge in [0.2, 0.25) is 0 Å². The Kier molecular flexibility index (Phi) is 5.38. The Balaban J connectivity index is 1.37. The predicted molar refractivity (Wildman–Crippen MR) is 102 cm³/mol. The number of nitrogens with zero attached hydrogens (tertiary/aromatic N) is 3. The smallest absolute Gasteiger partial charge is 0.272 e. The first-order chi connectivity index (χ1) is 13.2. The zero-order valence-corrected chi connectivity index (χ0v) is 15.4. The number of hydrogen-bond donors (Lipinski definition) is 2. The molecule has 6 nitrogen and oxygen atoms in total. The molecule has 144 valence electrons. The van der Waals surface area contributed by atoms with Gasteiger partial charge >= 0.3 is 0 Å². The zero-order chi connectivity index (χ0) is 18.6. The van der Waals surface area contributed by atoms with Gasteiger partial charge in [-0.2, -0.15) is 5.10 Å². The Morgan fingerprint density at radius 1 is 1.26 bits per heavy atom. The van der Waals surface area contributed by atoms with Crippen LogP contribution in [0.2, 0.25) is 0 Å². The molecule has 2 aliphatic rings.